The summed E-state index contributed by atoms with van der Waals surface area (Å²) >= 11 is 0. The lowest BCUT2D eigenvalue weighted by atomic mass is 10.1. The van der Waals surface area contributed by atoms with Crippen LogP contribution in [0.15, 0.2) is 24.3 Å². The number of ether oxygens (including phenoxy) is 1. The van der Waals surface area contributed by atoms with Crippen LogP contribution < -0.4 is 9.64 Å². The van der Waals surface area contributed by atoms with E-state index >= 15 is 0 Å². The van der Waals surface area contributed by atoms with E-state index in [2.05, 4.69) is 0 Å². The van der Waals surface area contributed by atoms with E-state index in [-0.39, 0.29) is 18.6 Å². The molecule has 1 amide bonds. The maximum atomic E-state index is 12.4. The summed E-state index contributed by atoms with van der Waals surface area (Å²) in [7, 11) is 3.47. The van der Waals surface area contributed by atoms with Crippen LogP contribution in [0, 0.1) is 0 Å². The van der Waals surface area contributed by atoms with Gasteiger partial charge in [0.1, 0.15) is 11.8 Å². The molecule has 1 aliphatic rings. The number of likely N-dealkylation sites (N-methyl/N-ethyl adjacent to an activating group) is 1. The zero-order chi connectivity index (χ0) is 14.0. The Labute approximate surface area is 113 Å². The van der Waals surface area contributed by atoms with E-state index in [1.807, 2.05) is 43.1 Å². The van der Waals surface area contributed by atoms with Gasteiger partial charge in [-0.15, -0.1) is 0 Å². The van der Waals surface area contributed by atoms with E-state index in [1.165, 1.54) is 0 Å². The van der Waals surface area contributed by atoms with Crippen LogP contribution in [0.1, 0.15) is 6.92 Å². The van der Waals surface area contributed by atoms with Crippen LogP contribution in [0.25, 0.3) is 0 Å². The topological polar surface area (TPSA) is 53.0 Å². The molecule has 1 saturated heterocycles. The summed E-state index contributed by atoms with van der Waals surface area (Å²) in [5, 5.41) is 9.36. The lowest BCUT2D eigenvalue weighted by Crippen LogP contribution is -2.61. The molecule has 2 rings (SSSR count). The Morgan fingerprint density at radius 2 is 2.00 bits per heavy atom. The van der Waals surface area contributed by atoms with E-state index in [1.54, 1.807) is 12.0 Å². The minimum atomic E-state index is -0.460. The number of benzene rings is 1. The van der Waals surface area contributed by atoms with Gasteiger partial charge in [0.25, 0.3) is 0 Å². The third kappa shape index (κ3) is 2.57. The minimum absolute atomic E-state index is 0.0612. The van der Waals surface area contributed by atoms with Crippen molar-refractivity contribution >= 4 is 11.6 Å². The zero-order valence-corrected chi connectivity index (χ0v) is 11.5. The number of carbonyl (C=O) groups is 1. The van der Waals surface area contributed by atoms with Crippen molar-refractivity contribution in [3.63, 3.8) is 0 Å². The molecule has 1 aromatic rings. The third-order valence-corrected chi connectivity index (χ3v) is 3.57. The lowest BCUT2D eigenvalue weighted by molar-refractivity contribution is -0.127. The summed E-state index contributed by atoms with van der Waals surface area (Å²) in [5.41, 5.74) is 0.838. The van der Waals surface area contributed by atoms with E-state index in [0.29, 0.717) is 0 Å². The van der Waals surface area contributed by atoms with Gasteiger partial charge in [-0.2, -0.15) is 0 Å². The fraction of sp³-hybridized carbons (Fsp3) is 0.500. The first-order chi connectivity index (χ1) is 9.08. The number of hydrogen-bond acceptors (Lipinski definition) is 4. The van der Waals surface area contributed by atoms with Gasteiger partial charge in [-0.3, -0.25) is 9.69 Å². The average Bonchev–Trinajstić information content (AvgIpc) is 2.39. The molecule has 1 fully saturated rings. The van der Waals surface area contributed by atoms with Crippen molar-refractivity contribution in [3.8, 4) is 5.75 Å². The van der Waals surface area contributed by atoms with Crippen molar-refractivity contribution in [3.05, 3.63) is 24.3 Å². The first-order valence-corrected chi connectivity index (χ1v) is 6.36. The van der Waals surface area contributed by atoms with Crippen LogP contribution in [0.3, 0.4) is 0 Å². The number of aliphatic hydroxyl groups is 1. The first-order valence-electron chi connectivity index (χ1n) is 6.36. The van der Waals surface area contributed by atoms with Crippen LogP contribution in [0.4, 0.5) is 5.69 Å². The summed E-state index contributed by atoms with van der Waals surface area (Å²) < 4.78 is 5.12. The predicted octanol–water partition coefficient (Wildman–Crippen LogP) is 0.723. The summed E-state index contributed by atoms with van der Waals surface area (Å²) in [6, 6.07) is 7.02. The number of rotatable bonds is 3. The summed E-state index contributed by atoms with van der Waals surface area (Å²) in [5.74, 6) is 0.700. The molecule has 1 aromatic carbocycles. The Morgan fingerprint density at radius 1 is 1.37 bits per heavy atom. The Morgan fingerprint density at radius 3 is 2.53 bits per heavy atom. The Bertz CT molecular complexity index is 447. The number of hydrogen-bond donors (Lipinski definition) is 1. The molecule has 2 unspecified atom stereocenters. The minimum Gasteiger partial charge on any atom is -0.497 e. The van der Waals surface area contributed by atoms with Gasteiger partial charge < -0.3 is 14.7 Å². The summed E-state index contributed by atoms with van der Waals surface area (Å²) in [4.78, 5) is 16.1. The van der Waals surface area contributed by atoms with Gasteiger partial charge in [-0.25, -0.2) is 0 Å². The number of methoxy groups -OCH3 is 1. The molecule has 1 aliphatic heterocycles. The predicted molar refractivity (Wildman–Crippen MR) is 73.4 cm³/mol. The highest BCUT2D eigenvalue weighted by Crippen LogP contribution is 2.25. The van der Waals surface area contributed by atoms with E-state index in [4.69, 9.17) is 4.74 Å². The number of amides is 1. The van der Waals surface area contributed by atoms with Gasteiger partial charge in [-0.1, -0.05) is 0 Å². The van der Waals surface area contributed by atoms with Crippen molar-refractivity contribution in [2.24, 2.45) is 0 Å². The molecule has 2 atom stereocenters. The highest BCUT2D eigenvalue weighted by Gasteiger charge is 2.37. The van der Waals surface area contributed by atoms with E-state index < -0.39 is 6.04 Å². The normalized spacial score (nSPS) is 24.6. The van der Waals surface area contributed by atoms with Crippen molar-refractivity contribution in [1.82, 2.24) is 4.90 Å². The number of nitrogens with zero attached hydrogens (tertiary/aromatic N) is 2. The second kappa shape index (κ2) is 5.59. The standard InChI is InChI=1S/C14H20N2O3/c1-10-8-15(2)13(9-17)14(18)16(10)11-4-6-12(19-3)7-5-11/h4-7,10,13,17H,8-9H2,1-3H3. The Hall–Kier alpha value is -1.59. The number of aliphatic hydroxyl groups excluding tert-OH is 1. The maximum absolute atomic E-state index is 12.4. The van der Waals surface area contributed by atoms with E-state index in [9.17, 15) is 9.90 Å². The average molecular weight is 264 g/mol. The molecule has 0 radical (unpaired) electrons. The molecule has 1 N–H and O–H groups in total. The largest absolute Gasteiger partial charge is 0.497 e. The van der Waals surface area contributed by atoms with Gasteiger partial charge >= 0.3 is 0 Å². The van der Waals surface area contributed by atoms with Gasteiger partial charge in [0, 0.05) is 18.3 Å². The smallest absolute Gasteiger partial charge is 0.247 e. The molecule has 0 spiro atoms. The van der Waals surface area contributed by atoms with Crippen molar-refractivity contribution in [2.45, 2.75) is 19.0 Å². The van der Waals surface area contributed by atoms with Crippen LogP contribution >= 0.6 is 0 Å². The molecular formula is C14H20N2O3. The monoisotopic (exact) mass is 264 g/mol. The molecule has 0 saturated carbocycles. The zero-order valence-electron chi connectivity index (χ0n) is 11.5. The highest BCUT2D eigenvalue weighted by atomic mass is 16.5. The molecule has 0 aliphatic carbocycles. The Kier molecular flexibility index (Phi) is 4.07. The molecule has 1 heterocycles. The molecular weight excluding hydrogens is 244 g/mol. The molecule has 19 heavy (non-hydrogen) atoms. The number of anilines is 1. The third-order valence-electron chi connectivity index (χ3n) is 3.57. The Balaban J connectivity index is 2.28. The van der Waals surface area contributed by atoms with Crippen LogP contribution in [-0.4, -0.2) is 55.3 Å². The fourth-order valence-corrected chi connectivity index (χ4v) is 2.53. The second-order valence-corrected chi connectivity index (χ2v) is 4.89. The number of carbonyl (C=O) groups excluding carboxylic acids is 1. The SMILES string of the molecule is COc1ccc(N2C(=O)C(CO)N(C)CC2C)cc1. The van der Waals surface area contributed by atoms with E-state index in [0.717, 1.165) is 18.0 Å². The quantitative estimate of drug-likeness (QED) is 0.874. The van der Waals surface area contributed by atoms with Crippen LogP contribution in [0.2, 0.25) is 0 Å². The van der Waals surface area contributed by atoms with Crippen molar-refractivity contribution in [2.75, 3.05) is 32.2 Å². The molecule has 104 valence electrons. The van der Waals surface area contributed by atoms with Crippen molar-refractivity contribution in [1.29, 1.82) is 0 Å². The summed E-state index contributed by atoms with van der Waals surface area (Å²) in [6.07, 6.45) is 0. The van der Waals surface area contributed by atoms with Gasteiger partial charge in [-0.05, 0) is 38.2 Å². The fourth-order valence-electron chi connectivity index (χ4n) is 2.53. The lowest BCUT2D eigenvalue weighted by Gasteiger charge is -2.42. The number of piperazine rings is 1. The van der Waals surface area contributed by atoms with Crippen LogP contribution in [0.5, 0.6) is 5.75 Å². The van der Waals surface area contributed by atoms with Gasteiger partial charge in [0.2, 0.25) is 5.91 Å². The maximum Gasteiger partial charge on any atom is 0.247 e. The highest BCUT2D eigenvalue weighted by molar-refractivity contribution is 5.98. The molecule has 5 heteroatoms. The molecule has 0 bridgehead atoms. The summed E-state index contributed by atoms with van der Waals surface area (Å²) in [6.45, 7) is 2.59. The first kappa shape index (κ1) is 13.8. The van der Waals surface area contributed by atoms with Crippen molar-refractivity contribution < 1.29 is 14.6 Å². The van der Waals surface area contributed by atoms with Crippen LogP contribution in [-0.2, 0) is 4.79 Å². The molecule has 5 nitrogen and oxygen atoms in total. The molecule has 0 aromatic heterocycles. The van der Waals surface area contributed by atoms with Gasteiger partial charge in [0.05, 0.1) is 13.7 Å². The second-order valence-electron chi connectivity index (χ2n) is 4.89. The van der Waals surface area contributed by atoms with Gasteiger partial charge in [0.15, 0.2) is 0 Å².